The van der Waals surface area contributed by atoms with Crippen molar-refractivity contribution in [3.63, 3.8) is 0 Å². The summed E-state index contributed by atoms with van der Waals surface area (Å²) in [5.41, 5.74) is 1.82. The van der Waals surface area contributed by atoms with E-state index in [1.165, 1.54) is 19.1 Å². The molecule has 170 valence electrons. The molecule has 0 N–H and O–H groups in total. The van der Waals surface area contributed by atoms with Crippen molar-refractivity contribution < 1.29 is 28.6 Å². The normalized spacial score (nSPS) is 30.0. The number of imide groups is 1. The predicted molar refractivity (Wildman–Crippen MR) is 116 cm³/mol. The second-order valence-electron chi connectivity index (χ2n) is 9.09. The van der Waals surface area contributed by atoms with Crippen molar-refractivity contribution in [2.45, 2.75) is 24.4 Å². The molecule has 6 rings (SSSR count). The maximum atomic E-state index is 13.2. The van der Waals surface area contributed by atoms with E-state index in [0.29, 0.717) is 18.7 Å². The van der Waals surface area contributed by atoms with Crippen molar-refractivity contribution in [2.24, 2.45) is 11.8 Å². The number of nitrogens with zero attached hydrogens (tertiary/aromatic N) is 2. The molecule has 4 atom stereocenters. The minimum Gasteiger partial charge on any atom is -0.468 e. The monoisotopic (exact) mass is 448 g/mol. The standard InChI is InChI=1S/C25H24N2O6/c1-26-22(28)19-20(23(26)29)25(24(30)31-2)10-3-11-27(25)21(19)15-6-4-14(5-7-15)16-8-9-17-18(12-16)33-13-32-17/h4-9,12,19-21H,3,10-11,13H2,1-2H3/t19?,20?,21?,25-/m0/s1. The molecule has 8 heteroatoms. The highest BCUT2D eigenvalue weighted by molar-refractivity contribution is 6.09. The van der Waals surface area contributed by atoms with Crippen LogP contribution in [0.4, 0.5) is 0 Å². The summed E-state index contributed by atoms with van der Waals surface area (Å²) in [5, 5.41) is 0. The van der Waals surface area contributed by atoms with Crippen LogP contribution in [0.2, 0.25) is 0 Å². The molecule has 0 bridgehead atoms. The highest BCUT2D eigenvalue weighted by Gasteiger charge is 2.72. The lowest BCUT2D eigenvalue weighted by molar-refractivity contribution is -0.158. The molecule has 3 saturated heterocycles. The van der Waals surface area contributed by atoms with E-state index >= 15 is 0 Å². The Morgan fingerprint density at radius 3 is 2.52 bits per heavy atom. The predicted octanol–water partition coefficient (Wildman–Crippen LogP) is 2.38. The van der Waals surface area contributed by atoms with E-state index in [1.54, 1.807) is 0 Å². The maximum absolute atomic E-state index is 13.2. The molecule has 4 aliphatic rings. The Kier molecular flexibility index (Phi) is 4.32. The summed E-state index contributed by atoms with van der Waals surface area (Å²) in [4.78, 5) is 42.6. The van der Waals surface area contributed by atoms with Crippen LogP contribution >= 0.6 is 0 Å². The van der Waals surface area contributed by atoms with Crippen LogP contribution < -0.4 is 9.47 Å². The van der Waals surface area contributed by atoms with Gasteiger partial charge in [0.1, 0.15) is 5.54 Å². The number of amides is 2. The molecule has 0 spiro atoms. The zero-order valence-corrected chi connectivity index (χ0v) is 18.4. The Balaban J connectivity index is 1.40. The minimum absolute atomic E-state index is 0.223. The van der Waals surface area contributed by atoms with Crippen molar-refractivity contribution >= 4 is 17.8 Å². The van der Waals surface area contributed by atoms with E-state index in [0.717, 1.165) is 28.9 Å². The number of fused-ring (bicyclic) bond motifs is 4. The minimum atomic E-state index is -1.09. The summed E-state index contributed by atoms with van der Waals surface area (Å²) >= 11 is 0. The van der Waals surface area contributed by atoms with Crippen molar-refractivity contribution in [1.29, 1.82) is 0 Å². The van der Waals surface area contributed by atoms with E-state index in [2.05, 4.69) is 0 Å². The third-order valence-electron chi connectivity index (χ3n) is 7.73. The van der Waals surface area contributed by atoms with Gasteiger partial charge < -0.3 is 14.2 Å². The molecule has 0 radical (unpaired) electrons. The SMILES string of the molecule is COC(=O)[C@@]12CCCN1C(c1ccc(-c3ccc4c(c3)OCO4)cc1)C1C(=O)N(C)C(=O)C12. The zero-order chi connectivity index (χ0) is 22.9. The Hall–Kier alpha value is -3.39. The van der Waals surface area contributed by atoms with Gasteiger partial charge in [-0.1, -0.05) is 30.3 Å². The first kappa shape index (κ1) is 20.2. The Bertz CT molecular complexity index is 1180. The van der Waals surface area contributed by atoms with E-state index < -0.39 is 23.3 Å². The van der Waals surface area contributed by atoms with Crippen molar-refractivity contribution in [3.8, 4) is 22.6 Å². The molecule has 0 aromatic heterocycles. The Morgan fingerprint density at radius 1 is 1.03 bits per heavy atom. The molecule has 4 aliphatic heterocycles. The second kappa shape index (κ2) is 7.05. The van der Waals surface area contributed by atoms with Gasteiger partial charge in [-0.25, -0.2) is 0 Å². The number of carbonyl (C=O) groups excluding carboxylic acids is 3. The summed E-state index contributed by atoms with van der Waals surface area (Å²) in [5.74, 6) is -0.815. The third kappa shape index (κ3) is 2.58. The molecule has 0 aliphatic carbocycles. The smallest absolute Gasteiger partial charge is 0.327 e. The average molecular weight is 448 g/mol. The quantitative estimate of drug-likeness (QED) is 0.526. The first-order valence-corrected chi connectivity index (χ1v) is 11.1. The number of methoxy groups -OCH3 is 1. The lowest BCUT2D eigenvalue weighted by atomic mass is 9.77. The number of ether oxygens (including phenoxy) is 3. The summed E-state index contributed by atoms with van der Waals surface area (Å²) in [6, 6.07) is 13.4. The first-order valence-electron chi connectivity index (χ1n) is 11.1. The molecule has 33 heavy (non-hydrogen) atoms. The van der Waals surface area contributed by atoms with Crippen molar-refractivity contribution in [1.82, 2.24) is 9.80 Å². The Labute approximate surface area is 191 Å². The van der Waals surface area contributed by atoms with E-state index in [9.17, 15) is 14.4 Å². The highest BCUT2D eigenvalue weighted by atomic mass is 16.7. The maximum Gasteiger partial charge on any atom is 0.327 e. The number of hydrogen-bond acceptors (Lipinski definition) is 7. The highest BCUT2D eigenvalue weighted by Crippen LogP contribution is 2.59. The largest absolute Gasteiger partial charge is 0.468 e. The van der Waals surface area contributed by atoms with Gasteiger partial charge in [-0.15, -0.1) is 0 Å². The molecule has 2 aromatic carbocycles. The van der Waals surface area contributed by atoms with Crippen LogP contribution in [0, 0.1) is 11.8 Å². The molecule has 3 fully saturated rings. The number of carbonyl (C=O) groups is 3. The summed E-state index contributed by atoms with van der Waals surface area (Å²) in [6.45, 7) is 0.863. The van der Waals surface area contributed by atoms with E-state index in [-0.39, 0.29) is 24.6 Å². The molecular weight excluding hydrogens is 424 g/mol. The number of rotatable bonds is 3. The summed E-state index contributed by atoms with van der Waals surface area (Å²) < 4.78 is 16.1. The molecule has 0 saturated carbocycles. The lowest BCUT2D eigenvalue weighted by Gasteiger charge is -2.35. The van der Waals surface area contributed by atoms with Gasteiger partial charge in [0.15, 0.2) is 11.5 Å². The van der Waals surface area contributed by atoms with Crippen LogP contribution in [0.3, 0.4) is 0 Å². The fourth-order valence-electron chi connectivity index (χ4n) is 6.29. The van der Waals surface area contributed by atoms with Crippen LogP contribution in [-0.4, -0.2) is 60.6 Å². The molecule has 2 aromatic rings. The summed E-state index contributed by atoms with van der Waals surface area (Å²) in [7, 11) is 2.86. The van der Waals surface area contributed by atoms with E-state index in [1.807, 2.05) is 47.4 Å². The molecular formula is C25H24N2O6. The van der Waals surface area contributed by atoms with Crippen LogP contribution in [-0.2, 0) is 19.1 Å². The van der Waals surface area contributed by atoms with Crippen molar-refractivity contribution in [3.05, 3.63) is 48.0 Å². The zero-order valence-electron chi connectivity index (χ0n) is 18.4. The van der Waals surface area contributed by atoms with Crippen LogP contribution in [0.15, 0.2) is 42.5 Å². The first-order chi connectivity index (χ1) is 16.0. The number of hydrogen-bond donors (Lipinski definition) is 0. The van der Waals surface area contributed by atoms with Crippen LogP contribution in [0.5, 0.6) is 11.5 Å². The third-order valence-corrected chi connectivity index (χ3v) is 7.73. The van der Waals surface area contributed by atoms with Crippen molar-refractivity contribution in [2.75, 3.05) is 27.5 Å². The van der Waals surface area contributed by atoms with Gasteiger partial charge in [-0.05, 0) is 48.2 Å². The van der Waals surface area contributed by atoms with Crippen LogP contribution in [0.25, 0.3) is 11.1 Å². The van der Waals surface area contributed by atoms with Crippen LogP contribution in [0.1, 0.15) is 24.4 Å². The number of esters is 1. The number of benzene rings is 2. The fourth-order valence-corrected chi connectivity index (χ4v) is 6.29. The van der Waals surface area contributed by atoms with Gasteiger partial charge >= 0.3 is 5.97 Å². The summed E-state index contributed by atoms with van der Waals surface area (Å²) in [6.07, 6.45) is 1.29. The van der Waals surface area contributed by atoms with E-state index in [4.69, 9.17) is 14.2 Å². The topological polar surface area (TPSA) is 85.4 Å². The van der Waals surface area contributed by atoms with Gasteiger partial charge in [0.25, 0.3) is 0 Å². The lowest BCUT2D eigenvalue weighted by Crippen LogP contribution is -2.54. The fraction of sp³-hybridized carbons (Fsp3) is 0.400. The molecule has 2 amide bonds. The van der Waals surface area contributed by atoms with Gasteiger partial charge in [0.05, 0.1) is 18.9 Å². The second-order valence-corrected chi connectivity index (χ2v) is 9.09. The van der Waals surface area contributed by atoms with Gasteiger partial charge in [-0.2, -0.15) is 0 Å². The molecule has 3 unspecified atom stereocenters. The van der Waals surface area contributed by atoms with Gasteiger partial charge in [-0.3, -0.25) is 24.2 Å². The molecule has 8 nitrogen and oxygen atoms in total. The average Bonchev–Trinajstić information content (AvgIpc) is 3.58. The number of likely N-dealkylation sites (tertiary alicyclic amines) is 1. The van der Waals surface area contributed by atoms with Gasteiger partial charge in [0.2, 0.25) is 18.6 Å². The molecule has 4 heterocycles. The Morgan fingerprint density at radius 2 is 1.76 bits per heavy atom. The van der Waals surface area contributed by atoms with Gasteiger partial charge in [0, 0.05) is 13.1 Å².